The summed E-state index contributed by atoms with van der Waals surface area (Å²) in [5.74, 6) is 1.03. The Morgan fingerprint density at radius 1 is 0.759 bits per heavy atom. The lowest BCUT2D eigenvalue weighted by atomic mass is 10.1. The van der Waals surface area contributed by atoms with E-state index in [2.05, 4.69) is 10.6 Å². The molecule has 0 fully saturated rings. The van der Waals surface area contributed by atoms with E-state index in [0.717, 1.165) is 11.3 Å². The van der Waals surface area contributed by atoms with Crippen LogP contribution in [0.1, 0.15) is 26.3 Å². The molecule has 0 aromatic heterocycles. The van der Waals surface area contributed by atoms with Gasteiger partial charge in [0.25, 0.3) is 11.8 Å². The van der Waals surface area contributed by atoms with Crippen molar-refractivity contribution in [2.24, 2.45) is 0 Å². The molecule has 4 rings (SSSR count). The molecule has 1 heterocycles. The number of benzene rings is 3. The van der Waals surface area contributed by atoms with Crippen molar-refractivity contribution in [3.63, 3.8) is 0 Å². The molecular weight excluding hydrogens is 368 g/mol. The van der Waals surface area contributed by atoms with E-state index in [9.17, 15) is 9.59 Å². The third kappa shape index (κ3) is 4.55. The maximum Gasteiger partial charge on any atom is 0.255 e. The number of hydrogen-bond acceptors (Lipinski definition) is 4. The van der Waals surface area contributed by atoms with Crippen LogP contribution in [0.4, 0.5) is 5.69 Å². The second-order valence-electron chi connectivity index (χ2n) is 6.56. The minimum Gasteiger partial charge on any atom is -0.486 e. The minimum absolute atomic E-state index is 0.193. The quantitative estimate of drug-likeness (QED) is 0.700. The topological polar surface area (TPSA) is 76.7 Å². The van der Waals surface area contributed by atoms with Gasteiger partial charge in [0, 0.05) is 23.4 Å². The minimum atomic E-state index is -0.194. The first-order chi connectivity index (χ1) is 14.2. The third-order valence-corrected chi connectivity index (χ3v) is 4.50. The van der Waals surface area contributed by atoms with Crippen molar-refractivity contribution in [3.05, 3.63) is 89.5 Å². The Labute approximate surface area is 168 Å². The fraction of sp³-hybridized carbons (Fsp3) is 0.130. The Morgan fingerprint density at radius 2 is 1.45 bits per heavy atom. The van der Waals surface area contributed by atoms with E-state index < -0.39 is 0 Å². The van der Waals surface area contributed by atoms with Crippen LogP contribution in [-0.2, 0) is 6.54 Å². The first kappa shape index (κ1) is 18.6. The summed E-state index contributed by atoms with van der Waals surface area (Å²) in [4.78, 5) is 24.6. The van der Waals surface area contributed by atoms with Crippen LogP contribution in [0, 0.1) is 0 Å². The van der Waals surface area contributed by atoms with Gasteiger partial charge in [-0.3, -0.25) is 9.59 Å². The van der Waals surface area contributed by atoms with Crippen LogP contribution in [0.3, 0.4) is 0 Å². The summed E-state index contributed by atoms with van der Waals surface area (Å²) >= 11 is 0. The first-order valence-corrected chi connectivity index (χ1v) is 9.32. The molecule has 2 N–H and O–H groups in total. The Morgan fingerprint density at radius 3 is 2.21 bits per heavy atom. The highest BCUT2D eigenvalue weighted by Gasteiger charge is 2.12. The Bertz CT molecular complexity index is 1020. The van der Waals surface area contributed by atoms with Crippen LogP contribution in [0.5, 0.6) is 11.5 Å². The first-order valence-electron chi connectivity index (χ1n) is 9.32. The fourth-order valence-corrected chi connectivity index (χ4v) is 2.98. The summed E-state index contributed by atoms with van der Waals surface area (Å²) in [7, 11) is 0. The number of hydrogen-bond donors (Lipinski definition) is 2. The van der Waals surface area contributed by atoms with E-state index in [1.807, 2.05) is 36.4 Å². The van der Waals surface area contributed by atoms with Gasteiger partial charge in [-0.15, -0.1) is 0 Å². The molecule has 0 radical (unpaired) electrons. The molecule has 3 aromatic carbocycles. The molecule has 3 aromatic rings. The van der Waals surface area contributed by atoms with Gasteiger partial charge in [0.15, 0.2) is 11.5 Å². The zero-order valence-electron chi connectivity index (χ0n) is 15.7. The lowest BCUT2D eigenvalue weighted by Crippen LogP contribution is -2.23. The highest BCUT2D eigenvalue weighted by molar-refractivity contribution is 6.04. The number of nitrogens with one attached hydrogen (secondary N) is 2. The molecule has 1 aliphatic rings. The second kappa shape index (κ2) is 8.48. The van der Waals surface area contributed by atoms with Gasteiger partial charge in [0.2, 0.25) is 0 Å². The average molecular weight is 388 g/mol. The summed E-state index contributed by atoms with van der Waals surface area (Å²) in [6.45, 7) is 1.45. The van der Waals surface area contributed by atoms with Gasteiger partial charge in [-0.05, 0) is 54.1 Å². The molecule has 0 atom stereocenters. The van der Waals surface area contributed by atoms with Gasteiger partial charge in [-0.25, -0.2) is 0 Å². The SMILES string of the molecule is O=C(NCc1ccc2c(c1)OCCO2)c1ccc(NC(=O)c2ccccc2)cc1. The van der Waals surface area contributed by atoms with Crippen molar-refractivity contribution < 1.29 is 19.1 Å². The number of carbonyl (C=O) groups is 2. The molecule has 0 bridgehead atoms. The predicted molar refractivity (Wildman–Crippen MR) is 109 cm³/mol. The summed E-state index contributed by atoms with van der Waals surface area (Å²) < 4.78 is 11.1. The molecule has 0 spiro atoms. The van der Waals surface area contributed by atoms with Gasteiger partial charge in [0.05, 0.1) is 0 Å². The van der Waals surface area contributed by atoms with Crippen molar-refractivity contribution in [2.75, 3.05) is 18.5 Å². The molecule has 0 saturated heterocycles. The molecule has 2 amide bonds. The smallest absolute Gasteiger partial charge is 0.255 e. The highest BCUT2D eigenvalue weighted by Crippen LogP contribution is 2.30. The summed E-state index contributed by atoms with van der Waals surface area (Å²) in [5, 5.41) is 5.70. The molecule has 6 heteroatoms. The van der Waals surface area contributed by atoms with E-state index in [0.29, 0.717) is 42.3 Å². The van der Waals surface area contributed by atoms with Crippen LogP contribution in [0.25, 0.3) is 0 Å². The third-order valence-electron chi connectivity index (χ3n) is 4.50. The number of carbonyl (C=O) groups excluding carboxylic acids is 2. The zero-order valence-corrected chi connectivity index (χ0v) is 15.7. The monoisotopic (exact) mass is 388 g/mol. The molecule has 0 saturated carbocycles. The van der Waals surface area contributed by atoms with Gasteiger partial charge in [0.1, 0.15) is 13.2 Å². The van der Waals surface area contributed by atoms with Gasteiger partial charge in [-0.1, -0.05) is 24.3 Å². The van der Waals surface area contributed by atoms with Crippen LogP contribution in [-0.4, -0.2) is 25.0 Å². The fourth-order valence-electron chi connectivity index (χ4n) is 2.98. The van der Waals surface area contributed by atoms with Gasteiger partial charge >= 0.3 is 0 Å². The van der Waals surface area contributed by atoms with Crippen molar-refractivity contribution in [1.82, 2.24) is 5.32 Å². The predicted octanol–water partition coefficient (Wildman–Crippen LogP) is 3.64. The number of anilines is 1. The van der Waals surface area contributed by atoms with E-state index in [1.54, 1.807) is 36.4 Å². The standard InChI is InChI=1S/C23H20N2O4/c26-22(24-15-16-6-11-20-21(14-16)29-13-12-28-20)18-7-9-19(10-8-18)25-23(27)17-4-2-1-3-5-17/h1-11,14H,12-13,15H2,(H,24,26)(H,25,27). The van der Waals surface area contributed by atoms with Crippen molar-refractivity contribution in [3.8, 4) is 11.5 Å². The summed E-state index contributed by atoms with van der Waals surface area (Å²) in [6.07, 6.45) is 0. The van der Waals surface area contributed by atoms with E-state index >= 15 is 0 Å². The molecule has 6 nitrogen and oxygen atoms in total. The van der Waals surface area contributed by atoms with Crippen LogP contribution < -0.4 is 20.1 Å². The van der Waals surface area contributed by atoms with Crippen LogP contribution in [0.2, 0.25) is 0 Å². The number of amides is 2. The number of rotatable bonds is 5. The van der Waals surface area contributed by atoms with Crippen molar-refractivity contribution in [1.29, 1.82) is 0 Å². The summed E-state index contributed by atoms with van der Waals surface area (Å²) in [5.41, 5.74) is 2.64. The molecule has 1 aliphatic heterocycles. The number of ether oxygens (including phenoxy) is 2. The van der Waals surface area contributed by atoms with Crippen LogP contribution in [0.15, 0.2) is 72.8 Å². The normalized spacial score (nSPS) is 12.1. The molecule has 146 valence electrons. The maximum atomic E-state index is 12.4. The zero-order chi connectivity index (χ0) is 20.1. The number of fused-ring (bicyclic) bond motifs is 1. The van der Waals surface area contributed by atoms with Gasteiger partial charge in [-0.2, -0.15) is 0 Å². The van der Waals surface area contributed by atoms with E-state index in [4.69, 9.17) is 9.47 Å². The average Bonchev–Trinajstić information content (AvgIpc) is 2.78. The van der Waals surface area contributed by atoms with Crippen molar-refractivity contribution in [2.45, 2.75) is 6.54 Å². The summed E-state index contributed by atoms with van der Waals surface area (Å²) in [6, 6.07) is 21.4. The lowest BCUT2D eigenvalue weighted by molar-refractivity contribution is 0.0950. The van der Waals surface area contributed by atoms with Crippen LogP contribution >= 0.6 is 0 Å². The molecule has 0 unspecified atom stereocenters. The van der Waals surface area contributed by atoms with E-state index in [-0.39, 0.29) is 11.8 Å². The van der Waals surface area contributed by atoms with Crippen molar-refractivity contribution >= 4 is 17.5 Å². The maximum absolute atomic E-state index is 12.4. The molecular formula is C23H20N2O4. The Hall–Kier alpha value is -3.80. The molecule has 0 aliphatic carbocycles. The highest BCUT2D eigenvalue weighted by atomic mass is 16.6. The Kier molecular flexibility index (Phi) is 5.42. The second-order valence-corrected chi connectivity index (χ2v) is 6.56. The largest absolute Gasteiger partial charge is 0.486 e. The van der Waals surface area contributed by atoms with E-state index in [1.165, 1.54) is 0 Å². The Balaban J connectivity index is 1.34. The molecule has 29 heavy (non-hydrogen) atoms. The lowest BCUT2D eigenvalue weighted by Gasteiger charge is -2.19. The van der Waals surface area contributed by atoms with Gasteiger partial charge < -0.3 is 20.1 Å².